The van der Waals surface area contributed by atoms with Gasteiger partial charge in [0.1, 0.15) is 23.9 Å². The summed E-state index contributed by atoms with van der Waals surface area (Å²) in [6.07, 6.45) is 2.95. The van der Waals surface area contributed by atoms with Crippen LogP contribution < -0.4 is 16.1 Å². The number of urea groups is 1. The molecular formula is C51H69N9O8. The molecule has 68 heavy (non-hydrogen) atoms. The number of hydrogen-bond acceptors (Lipinski definition) is 11. The Morgan fingerprint density at radius 1 is 1.03 bits per heavy atom. The van der Waals surface area contributed by atoms with E-state index in [4.69, 9.17) is 14.5 Å². The van der Waals surface area contributed by atoms with Gasteiger partial charge in [-0.3, -0.25) is 29.2 Å². The molecule has 2 fully saturated rings. The van der Waals surface area contributed by atoms with Crippen LogP contribution in [0.1, 0.15) is 77.3 Å². The van der Waals surface area contributed by atoms with Crippen molar-refractivity contribution in [3.05, 3.63) is 71.5 Å². The lowest BCUT2D eigenvalue weighted by atomic mass is 9.84. The zero-order chi connectivity index (χ0) is 49.2. The van der Waals surface area contributed by atoms with E-state index in [1.807, 2.05) is 39.0 Å². The number of aromatic nitrogens is 2. The molecule has 4 aromatic rings. The fourth-order valence-corrected chi connectivity index (χ4v) is 9.64. The normalized spacial score (nSPS) is 20.3. The van der Waals surface area contributed by atoms with Crippen LogP contribution in [0.25, 0.3) is 33.3 Å². The molecule has 2 aromatic carbocycles. The first-order valence-electron chi connectivity index (χ1n) is 23.8. The molecule has 17 heteroatoms. The Morgan fingerprint density at radius 3 is 2.46 bits per heavy atom. The Hall–Kier alpha value is -6.04. The molecule has 0 aliphatic carbocycles. The van der Waals surface area contributed by atoms with E-state index in [-0.39, 0.29) is 55.8 Å². The van der Waals surface area contributed by atoms with E-state index in [0.717, 1.165) is 39.0 Å². The molecule has 3 aliphatic rings. The van der Waals surface area contributed by atoms with Crippen LogP contribution in [0.4, 0.5) is 4.79 Å². The van der Waals surface area contributed by atoms with Crippen molar-refractivity contribution in [1.82, 2.24) is 45.3 Å². The predicted octanol–water partition coefficient (Wildman–Crippen LogP) is 4.89. The van der Waals surface area contributed by atoms with Gasteiger partial charge in [-0.05, 0) is 97.7 Å². The quantitative estimate of drug-likeness (QED) is 0.111. The smallest absolute Gasteiger partial charge is 0.324 e. The summed E-state index contributed by atoms with van der Waals surface area (Å²) in [5.74, 6) is -1.93. The number of likely N-dealkylation sites (N-methyl/N-ethyl adjacent to an activating group) is 3. The summed E-state index contributed by atoms with van der Waals surface area (Å²) < 4.78 is 14.2. The summed E-state index contributed by atoms with van der Waals surface area (Å²) >= 11 is 0. The number of phenolic OH excluding ortho intramolecular Hbond substituents is 1. The second-order valence-electron chi connectivity index (χ2n) is 19.8. The Morgan fingerprint density at radius 2 is 1.76 bits per heavy atom. The summed E-state index contributed by atoms with van der Waals surface area (Å²) in [4.78, 5) is 78.8. The van der Waals surface area contributed by atoms with Crippen LogP contribution in [0.3, 0.4) is 0 Å². The minimum absolute atomic E-state index is 0.0145. The second-order valence-corrected chi connectivity index (χ2v) is 19.8. The van der Waals surface area contributed by atoms with Crippen molar-refractivity contribution >= 4 is 40.6 Å². The molecule has 5 atom stereocenters. The Balaban J connectivity index is 1.27. The van der Waals surface area contributed by atoms with E-state index in [1.54, 1.807) is 51.5 Å². The van der Waals surface area contributed by atoms with Crippen molar-refractivity contribution in [2.45, 2.75) is 104 Å². The van der Waals surface area contributed by atoms with Gasteiger partial charge in [-0.2, -0.15) is 0 Å². The zero-order valence-corrected chi connectivity index (χ0v) is 41.2. The number of phenols is 1. The summed E-state index contributed by atoms with van der Waals surface area (Å²) in [5, 5.41) is 19.7. The van der Waals surface area contributed by atoms with E-state index < -0.39 is 47.4 Å². The van der Waals surface area contributed by atoms with Gasteiger partial charge in [-0.25, -0.2) is 10.2 Å². The third-order valence-corrected chi connectivity index (χ3v) is 13.5. The third-order valence-electron chi connectivity index (χ3n) is 13.5. The van der Waals surface area contributed by atoms with Crippen LogP contribution in [0.15, 0.2) is 54.7 Å². The largest absolute Gasteiger partial charge is 0.508 e. The number of ether oxygens (including phenoxy) is 2. The summed E-state index contributed by atoms with van der Waals surface area (Å²) in [7, 11) is 6.54. The number of pyridine rings is 1. The lowest BCUT2D eigenvalue weighted by Crippen LogP contribution is -2.62. The highest BCUT2D eigenvalue weighted by molar-refractivity contribution is 5.96. The van der Waals surface area contributed by atoms with Gasteiger partial charge in [0, 0.05) is 95.5 Å². The monoisotopic (exact) mass is 936 g/mol. The maximum absolute atomic E-state index is 14.7. The minimum atomic E-state index is -1.17. The highest BCUT2D eigenvalue weighted by Gasteiger charge is 2.39. The standard InChI is InChI=1S/C51H69N9O8/c1-11-59-42-17-16-33-26-37(42)38(45(59)36-14-12-18-52-43(36)31(4)67-10)27-51(5,6)29-68-49(65)39-15-13-19-60(55-39)48(64)40(24-32-22-34(33)25-35(61)23-32)54-46(62)44(30(2)3)58(9)50(66)57(8)21-20-56(7)47(63)41-28-53-41/h12,14,16-18,22-23,25-26,30-31,39-41,44,53,55,61H,11,13,15,19-21,24,27-29H2,1-10H3,(H,54,62)/t31-,39-,40-,41+,44?/m0/s1. The molecule has 4 N–H and O–H groups in total. The first-order chi connectivity index (χ1) is 32.3. The molecule has 17 nitrogen and oxygen atoms in total. The number of methoxy groups -OCH3 is 1. The van der Waals surface area contributed by atoms with Crippen LogP contribution >= 0.6 is 0 Å². The molecule has 5 heterocycles. The van der Waals surface area contributed by atoms with Crippen molar-refractivity contribution in [2.24, 2.45) is 11.3 Å². The molecule has 366 valence electrons. The number of fused-ring (bicyclic) bond motifs is 6. The number of esters is 1. The predicted molar refractivity (Wildman–Crippen MR) is 259 cm³/mol. The van der Waals surface area contributed by atoms with Crippen LogP contribution in [0.5, 0.6) is 5.75 Å². The molecule has 6 bridgehead atoms. The maximum Gasteiger partial charge on any atom is 0.324 e. The fraction of sp³-hybridized carbons (Fsp3) is 0.529. The fourth-order valence-electron chi connectivity index (χ4n) is 9.64. The molecule has 1 unspecified atom stereocenters. The highest BCUT2D eigenvalue weighted by atomic mass is 16.5. The van der Waals surface area contributed by atoms with Gasteiger partial charge in [-0.15, -0.1) is 0 Å². The van der Waals surface area contributed by atoms with Crippen LogP contribution in [-0.2, 0) is 48.0 Å². The van der Waals surface area contributed by atoms with Crippen molar-refractivity contribution in [1.29, 1.82) is 0 Å². The average molecular weight is 936 g/mol. The number of hydrazine groups is 1. The Labute approximate surface area is 399 Å². The molecule has 0 spiro atoms. The number of nitrogens with one attached hydrogen (secondary N) is 3. The minimum Gasteiger partial charge on any atom is -0.508 e. The van der Waals surface area contributed by atoms with Crippen molar-refractivity contribution in [3.63, 3.8) is 0 Å². The first-order valence-corrected chi connectivity index (χ1v) is 23.8. The molecule has 3 aliphatic heterocycles. The number of rotatable bonds is 12. The van der Waals surface area contributed by atoms with Gasteiger partial charge >= 0.3 is 12.0 Å². The summed E-state index contributed by atoms with van der Waals surface area (Å²) in [6, 6.07) is 11.8. The van der Waals surface area contributed by atoms with Gasteiger partial charge in [-0.1, -0.05) is 39.8 Å². The first kappa shape index (κ1) is 49.9. The second kappa shape index (κ2) is 20.7. The molecule has 7 rings (SSSR count). The van der Waals surface area contributed by atoms with E-state index in [0.29, 0.717) is 50.0 Å². The lowest BCUT2D eigenvalue weighted by molar-refractivity contribution is -0.155. The SMILES string of the molecule is CCn1c(-c2cccnc2[C@H](C)OC)c2c3cc(ccc31)-c1cc(O)cc(c1)C[C@H](NC(=O)C(C(C)C)N(C)C(=O)N(C)CCN(C)C(=O)[C@H]1CN1)C(=O)N1CCC[C@H](N1)C(=O)OCC(C)(C)C2. The lowest BCUT2D eigenvalue weighted by Gasteiger charge is -2.37. The van der Waals surface area contributed by atoms with Crippen LogP contribution in [-0.4, -0.2) is 149 Å². The number of nitrogens with zero attached hydrogens (tertiary/aromatic N) is 6. The number of amides is 5. The summed E-state index contributed by atoms with van der Waals surface area (Å²) in [5.41, 5.74) is 9.51. The topological polar surface area (TPSA) is 201 Å². The number of benzene rings is 2. The van der Waals surface area contributed by atoms with E-state index in [2.05, 4.69) is 59.6 Å². The van der Waals surface area contributed by atoms with Gasteiger partial charge < -0.3 is 44.5 Å². The number of aromatic hydroxyl groups is 1. The number of carbonyl (C=O) groups is 5. The maximum atomic E-state index is 14.7. The number of hydrogen-bond donors (Lipinski definition) is 4. The zero-order valence-electron chi connectivity index (χ0n) is 41.2. The van der Waals surface area contributed by atoms with Gasteiger partial charge in [0.2, 0.25) is 11.8 Å². The molecule has 2 saturated heterocycles. The van der Waals surface area contributed by atoms with Gasteiger partial charge in [0.05, 0.1) is 30.1 Å². The third kappa shape index (κ3) is 10.8. The molecule has 0 radical (unpaired) electrons. The Bertz CT molecular complexity index is 2540. The average Bonchev–Trinajstić information content (AvgIpc) is 4.13. The van der Waals surface area contributed by atoms with E-state index >= 15 is 0 Å². The Kier molecular flexibility index (Phi) is 15.2. The molecule has 5 amide bonds. The van der Waals surface area contributed by atoms with Crippen molar-refractivity contribution in [3.8, 4) is 28.1 Å². The highest BCUT2D eigenvalue weighted by Crippen LogP contribution is 2.42. The van der Waals surface area contributed by atoms with Crippen molar-refractivity contribution in [2.75, 3.05) is 61.0 Å². The molecule has 2 aromatic heterocycles. The van der Waals surface area contributed by atoms with Crippen LogP contribution in [0.2, 0.25) is 0 Å². The molecule has 0 saturated carbocycles. The van der Waals surface area contributed by atoms with E-state index in [9.17, 15) is 29.1 Å². The number of aryl methyl sites for hydroxylation is 1. The molecular weight excluding hydrogens is 867 g/mol. The summed E-state index contributed by atoms with van der Waals surface area (Å²) in [6.45, 7) is 14.1. The number of cyclic esters (lactones) is 1. The number of carbonyl (C=O) groups excluding carboxylic acids is 5. The van der Waals surface area contributed by atoms with Crippen molar-refractivity contribution < 1.29 is 38.6 Å². The van der Waals surface area contributed by atoms with Gasteiger partial charge in [0.15, 0.2) is 0 Å². The van der Waals surface area contributed by atoms with Gasteiger partial charge in [0.25, 0.3) is 5.91 Å². The van der Waals surface area contributed by atoms with E-state index in [1.165, 1.54) is 14.8 Å². The van der Waals surface area contributed by atoms with Crippen LogP contribution in [0, 0.1) is 11.3 Å².